The maximum absolute atomic E-state index is 13.4. The molecule has 2 N–H and O–H groups in total. The topological polar surface area (TPSA) is 35.2 Å². The van der Waals surface area contributed by atoms with Gasteiger partial charge in [-0.1, -0.05) is 12.1 Å². The number of benzene rings is 2. The Balaban J connectivity index is 2.38. The lowest BCUT2D eigenvalue weighted by atomic mass is 9.92. The highest BCUT2D eigenvalue weighted by molar-refractivity contribution is 5.43. The predicted molar refractivity (Wildman–Crippen MR) is 84.1 cm³/mol. The van der Waals surface area contributed by atoms with Crippen molar-refractivity contribution >= 4 is 0 Å². The number of hydrogen-bond donors (Lipinski definition) is 1. The van der Waals surface area contributed by atoms with E-state index in [0.29, 0.717) is 0 Å². The summed E-state index contributed by atoms with van der Waals surface area (Å²) in [6, 6.07) is 10.5. The summed E-state index contributed by atoms with van der Waals surface area (Å²) < 4.78 is 19.1. The first kappa shape index (κ1) is 15.5. The van der Waals surface area contributed by atoms with Crippen molar-refractivity contribution in [2.24, 2.45) is 5.73 Å². The average Bonchev–Trinajstić information content (AvgIpc) is 2.36. The van der Waals surface area contributed by atoms with E-state index >= 15 is 0 Å². The molecule has 0 spiro atoms. The Labute approximate surface area is 125 Å². The second-order valence-corrected chi connectivity index (χ2v) is 5.67. The van der Waals surface area contributed by atoms with Gasteiger partial charge in [-0.3, -0.25) is 0 Å². The molecule has 0 heterocycles. The molecule has 0 aliphatic heterocycles. The number of aryl methyl sites for hydroxylation is 2. The number of ether oxygens (including phenoxy) is 1. The lowest BCUT2D eigenvalue weighted by Gasteiger charge is -2.19. The number of halogens is 1. The highest BCUT2D eigenvalue weighted by atomic mass is 19.1. The molecule has 3 heteroatoms. The molecule has 0 aliphatic rings. The predicted octanol–water partition coefficient (Wildman–Crippen LogP) is 4.28. The van der Waals surface area contributed by atoms with Crippen molar-refractivity contribution in [1.82, 2.24) is 0 Å². The van der Waals surface area contributed by atoms with Gasteiger partial charge in [0, 0.05) is 0 Å². The monoisotopic (exact) mass is 287 g/mol. The molecule has 112 valence electrons. The molecule has 0 fully saturated rings. The van der Waals surface area contributed by atoms with Crippen LogP contribution in [0.3, 0.4) is 0 Å². The van der Waals surface area contributed by atoms with E-state index in [-0.39, 0.29) is 18.0 Å². The summed E-state index contributed by atoms with van der Waals surface area (Å²) >= 11 is 0. The van der Waals surface area contributed by atoms with Gasteiger partial charge in [0.25, 0.3) is 0 Å². The van der Waals surface area contributed by atoms with Crippen LogP contribution < -0.4 is 10.5 Å². The van der Waals surface area contributed by atoms with Crippen molar-refractivity contribution in [3.8, 4) is 5.75 Å². The standard InChI is InChI=1S/C18H22FNO/c1-11(2)21-16-7-5-6-14(10-16)18(20)17-12(3)8-15(19)9-13(17)4/h5-11,18H,20H2,1-4H3. The highest BCUT2D eigenvalue weighted by Gasteiger charge is 2.16. The zero-order chi connectivity index (χ0) is 15.6. The highest BCUT2D eigenvalue weighted by Crippen LogP contribution is 2.28. The van der Waals surface area contributed by atoms with Crippen LogP contribution in [0.2, 0.25) is 0 Å². The van der Waals surface area contributed by atoms with Crippen molar-refractivity contribution in [3.63, 3.8) is 0 Å². The average molecular weight is 287 g/mol. The zero-order valence-corrected chi connectivity index (χ0v) is 13.0. The zero-order valence-electron chi connectivity index (χ0n) is 13.0. The van der Waals surface area contributed by atoms with Crippen molar-refractivity contribution in [2.45, 2.75) is 39.8 Å². The van der Waals surface area contributed by atoms with Gasteiger partial charge in [-0.05, 0) is 74.2 Å². The number of rotatable bonds is 4. The minimum absolute atomic E-state index is 0.116. The van der Waals surface area contributed by atoms with E-state index in [4.69, 9.17) is 10.5 Å². The molecule has 1 unspecified atom stereocenters. The Hall–Kier alpha value is -1.87. The molecule has 0 radical (unpaired) electrons. The summed E-state index contributed by atoms with van der Waals surface area (Å²) in [4.78, 5) is 0. The van der Waals surface area contributed by atoms with Gasteiger partial charge < -0.3 is 10.5 Å². The first-order valence-corrected chi connectivity index (χ1v) is 7.17. The Kier molecular flexibility index (Phi) is 4.63. The van der Waals surface area contributed by atoms with Crippen LogP contribution in [0.1, 0.15) is 42.1 Å². The molecule has 2 aromatic rings. The number of hydrogen-bond acceptors (Lipinski definition) is 2. The number of nitrogens with two attached hydrogens (primary N) is 1. The van der Waals surface area contributed by atoms with Crippen molar-refractivity contribution in [1.29, 1.82) is 0 Å². The van der Waals surface area contributed by atoms with Crippen LogP contribution in [0.15, 0.2) is 36.4 Å². The smallest absolute Gasteiger partial charge is 0.123 e. The van der Waals surface area contributed by atoms with E-state index in [1.54, 1.807) is 0 Å². The minimum atomic E-state index is -0.290. The normalized spacial score (nSPS) is 12.5. The van der Waals surface area contributed by atoms with Gasteiger partial charge in [-0.15, -0.1) is 0 Å². The Bertz CT molecular complexity index is 614. The first-order valence-electron chi connectivity index (χ1n) is 7.17. The summed E-state index contributed by atoms with van der Waals surface area (Å²) in [7, 11) is 0. The lowest BCUT2D eigenvalue weighted by Crippen LogP contribution is -2.15. The Morgan fingerprint density at radius 1 is 1.05 bits per heavy atom. The van der Waals surface area contributed by atoms with Gasteiger partial charge in [0.1, 0.15) is 11.6 Å². The molecular weight excluding hydrogens is 265 g/mol. The fourth-order valence-electron chi connectivity index (χ4n) is 2.63. The van der Waals surface area contributed by atoms with Crippen molar-refractivity contribution in [2.75, 3.05) is 0 Å². The van der Waals surface area contributed by atoms with Crippen LogP contribution in [0.5, 0.6) is 5.75 Å². The third-order valence-electron chi connectivity index (χ3n) is 3.46. The van der Waals surface area contributed by atoms with Gasteiger partial charge in [-0.25, -0.2) is 4.39 Å². The minimum Gasteiger partial charge on any atom is -0.491 e. The Morgan fingerprint density at radius 3 is 2.24 bits per heavy atom. The van der Waals surface area contributed by atoms with Gasteiger partial charge >= 0.3 is 0 Å². The van der Waals surface area contributed by atoms with E-state index in [2.05, 4.69) is 0 Å². The summed E-state index contributed by atoms with van der Waals surface area (Å²) in [5.74, 6) is 0.577. The van der Waals surface area contributed by atoms with Crippen molar-refractivity contribution < 1.29 is 9.13 Å². The second-order valence-electron chi connectivity index (χ2n) is 5.67. The first-order chi connectivity index (χ1) is 9.88. The second kappa shape index (κ2) is 6.27. The molecule has 2 rings (SSSR count). The fourth-order valence-corrected chi connectivity index (χ4v) is 2.63. The van der Waals surface area contributed by atoms with Crippen LogP contribution in [-0.2, 0) is 0 Å². The lowest BCUT2D eigenvalue weighted by molar-refractivity contribution is 0.242. The molecule has 2 nitrogen and oxygen atoms in total. The third-order valence-corrected chi connectivity index (χ3v) is 3.46. The van der Waals surface area contributed by atoms with E-state index in [1.165, 1.54) is 12.1 Å². The maximum Gasteiger partial charge on any atom is 0.123 e. The SMILES string of the molecule is Cc1cc(F)cc(C)c1C(N)c1cccc(OC(C)C)c1. The van der Waals surface area contributed by atoms with E-state index in [0.717, 1.165) is 28.0 Å². The third kappa shape index (κ3) is 3.61. The molecule has 2 aromatic carbocycles. The summed E-state index contributed by atoms with van der Waals surface area (Å²) in [6.07, 6.45) is 0.116. The van der Waals surface area contributed by atoms with E-state index in [9.17, 15) is 4.39 Å². The van der Waals surface area contributed by atoms with Gasteiger partial charge in [0.2, 0.25) is 0 Å². The van der Waals surface area contributed by atoms with Crippen LogP contribution in [-0.4, -0.2) is 6.10 Å². The molecular formula is C18H22FNO. The van der Waals surface area contributed by atoms with Gasteiger partial charge in [0.05, 0.1) is 12.1 Å². The Morgan fingerprint density at radius 2 is 1.67 bits per heavy atom. The molecule has 0 aliphatic carbocycles. The quantitative estimate of drug-likeness (QED) is 0.911. The summed E-state index contributed by atoms with van der Waals surface area (Å²) in [6.45, 7) is 7.75. The largest absolute Gasteiger partial charge is 0.491 e. The van der Waals surface area contributed by atoms with Gasteiger partial charge in [-0.2, -0.15) is 0 Å². The van der Waals surface area contributed by atoms with Crippen LogP contribution >= 0.6 is 0 Å². The fraction of sp³-hybridized carbons (Fsp3) is 0.333. The van der Waals surface area contributed by atoms with Crippen molar-refractivity contribution in [3.05, 3.63) is 64.5 Å². The molecule has 0 saturated heterocycles. The molecule has 21 heavy (non-hydrogen) atoms. The van der Waals surface area contributed by atoms with E-state index in [1.807, 2.05) is 52.0 Å². The van der Waals surface area contributed by atoms with E-state index < -0.39 is 0 Å². The molecule has 0 amide bonds. The summed E-state index contributed by atoms with van der Waals surface area (Å²) in [5.41, 5.74) is 10.1. The van der Waals surface area contributed by atoms with Crippen LogP contribution in [0.4, 0.5) is 4.39 Å². The summed E-state index contributed by atoms with van der Waals surface area (Å²) in [5, 5.41) is 0. The molecule has 0 bridgehead atoms. The maximum atomic E-state index is 13.4. The van der Waals surface area contributed by atoms with Crippen LogP contribution in [0, 0.1) is 19.7 Å². The van der Waals surface area contributed by atoms with Gasteiger partial charge in [0.15, 0.2) is 0 Å². The molecule has 1 atom stereocenters. The molecule has 0 saturated carbocycles. The molecule has 0 aromatic heterocycles. The van der Waals surface area contributed by atoms with Crippen LogP contribution in [0.25, 0.3) is 0 Å².